The zero-order valence-electron chi connectivity index (χ0n) is 15.4. The van der Waals surface area contributed by atoms with Crippen molar-refractivity contribution in [2.24, 2.45) is 30.7 Å². The van der Waals surface area contributed by atoms with Crippen molar-refractivity contribution in [3.8, 4) is 0 Å². The number of carbonyl (C=O) groups is 3. The summed E-state index contributed by atoms with van der Waals surface area (Å²) in [5.74, 6) is -2.22. The first-order valence-electron chi connectivity index (χ1n) is 9.32. The maximum Gasteiger partial charge on any atom is 0.307 e. The first-order valence-corrected chi connectivity index (χ1v) is 9.32. The van der Waals surface area contributed by atoms with Crippen LogP contribution in [0.3, 0.4) is 0 Å². The van der Waals surface area contributed by atoms with E-state index in [1.807, 2.05) is 0 Å². The highest BCUT2D eigenvalue weighted by Crippen LogP contribution is 2.52. The molecular formula is C19H22N4O5. The number of nitrogens with one attached hydrogen (secondary N) is 2. The number of carbonyl (C=O) groups excluding carboxylic acids is 2. The van der Waals surface area contributed by atoms with E-state index in [9.17, 15) is 19.5 Å². The number of furan rings is 1. The van der Waals surface area contributed by atoms with Gasteiger partial charge in [-0.15, -0.1) is 0 Å². The Morgan fingerprint density at radius 3 is 2.71 bits per heavy atom. The Morgan fingerprint density at radius 2 is 2.04 bits per heavy atom. The van der Waals surface area contributed by atoms with Crippen LogP contribution in [0.1, 0.15) is 35.5 Å². The molecule has 148 valence electrons. The smallest absolute Gasteiger partial charge is 0.307 e. The zero-order chi connectivity index (χ0) is 19.8. The van der Waals surface area contributed by atoms with E-state index >= 15 is 0 Å². The predicted octanol–water partition coefficient (Wildman–Crippen LogP) is 1.63. The first kappa shape index (κ1) is 18.3. The van der Waals surface area contributed by atoms with Crippen molar-refractivity contribution in [2.45, 2.75) is 25.8 Å². The van der Waals surface area contributed by atoms with Crippen molar-refractivity contribution in [1.29, 1.82) is 0 Å². The fourth-order valence-corrected chi connectivity index (χ4v) is 4.65. The second kappa shape index (κ2) is 7.14. The number of aryl methyl sites for hydroxylation is 1. The Bertz CT molecular complexity index is 904. The van der Waals surface area contributed by atoms with Gasteiger partial charge >= 0.3 is 5.97 Å². The Kier molecular flexibility index (Phi) is 4.66. The molecule has 2 fully saturated rings. The molecule has 2 aliphatic carbocycles. The number of fused-ring (bicyclic) bond motifs is 2. The van der Waals surface area contributed by atoms with E-state index in [0.29, 0.717) is 5.76 Å². The first-order chi connectivity index (χ1) is 13.4. The number of aliphatic carboxylic acids is 1. The highest BCUT2D eigenvalue weighted by molar-refractivity contribution is 6.03. The summed E-state index contributed by atoms with van der Waals surface area (Å²) >= 11 is 0. The van der Waals surface area contributed by atoms with E-state index < -0.39 is 23.7 Å². The minimum absolute atomic E-state index is 0.0585. The van der Waals surface area contributed by atoms with Gasteiger partial charge < -0.3 is 20.2 Å². The number of carboxylic acids is 1. The molecule has 2 bridgehead atoms. The number of carboxylic acid groups (broad SMARTS) is 1. The van der Waals surface area contributed by atoms with Crippen molar-refractivity contribution in [1.82, 2.24) is 15.1 Å². The van der Waals surface area contributed by atoms with Crippen LogP contribution in [0, 0.1) is 23.7 Å². The molecule has 2 saturated carbocycles. The molecule has 2 aliphatic rings. The van der Waals surface area contributed by atoms with Crippen molar-refractivity contribution >= 4 is 23.5 Å². The van der Waals surface area contributed by atoms with Gasteiger partial charge in [-0.3, -0.25) is 19.1 Å². The summed E-state index contributed by atoms with van der Waals surface area (Å²) in [6.07, 6.45) is 5.57. The summed E-state index contributed by atoms with van der Waals surface area (Å²) in [4.78, 5) is 37.1. The summed E-state index contributed by atoms with van der Waals surface area (Å²) < 4.78 is 6.62. The molecule has 0 aliphatic heterocycles. The lowest BCUT2D eigenvalue weighted by Crippen LogP contribution is -2.38. The highest BCUT2D eigenvalue weighted by Gasteiger charge is 2.54. The molecule has 0 radical (unpaired) electrons. The molecule has 0 spiro atoms. The molecule has 2 aromatic rings. The van der Waals surface area contributed by atoms with Crippen molar-refractivity contribution < 1.29 is 23.9 Å². The Labute approximate surface area is 161 Å². The van der Waals surface area contributed by atoms with Gasteiger partial charge in [-0.1, -0.05) is 0 Å². The second-order valence-electron chi connectivity index (χ2n) is 7.54. The summed E-state index contributed by atoms with van der Waals surface area (Å²) in [5, 5.41) is 19.1. The van der Waals surface area contributed by atoms with Crippen LogP contribution in [0.15, 0.2) is 29.0 Å². The normalized spacial score (nSPS) is 25.6. The maximum absolute atomic E-state index is 12.9. The molecule has 4 atom stereocenters. The van der Waals surface area contributed by atoms with Gasteiger partial charge in [-0.25, -0.2) is 0 Å². The molecule has 0 aromatic carbocycles. The minimum atomic E-state index is -0.921. The van der Waals surface area contributed by atoms with E-state index in [0.717, 1.165) is 19.3 Å². The third-order valence-corrected chi connectivity index (χ3v) is 5.81. The Hall–Kier alpha value is -3.10. The standard InChI is InChI=1S/C19H22N4O5/c1-23-9-13(16(22-23)18(25)20-8-12-3-2-6-28-12)21-17(24)14-10-4-5-11(7-10)15(14)19(26)27/h2-3,6,9-11,14-15H,4-5,7-8H2,1H3,(H,20,25)(H,21,24)(H,26,27)/t10-,11+,14+,15+/m1/s1. The number of nitrogens with zero attached hydrogens (tertiary/aromatic N) is 2. The lowest BCUT2D eigenvalue weighted by Gasteiger charge is -2.26. The van der Waals surface area contributed by atoms with Crippen LogP contribution < -0.4 is 10.6 Å². The number of rotatable bonds is 6. The predicted molar refractivity (Wildman–Crippen MR) is 97.2 cm³/mol. The average Bonchev–Trinajstić information content (AvgIpc) is 3.43. The number of anilines is 1. The topological polar surface area (TPSA) is 126 Å². The molecule has 9 nitrogen and oxygen atoms in total. The van der Waals surface area contributed by atoms with Gasteiger partial charge in [-0.2, -0.15) is 5.10 Å². The van der Waals surface area contributed by atoms with Crippen LogP contribution in [0.4, 0.5) is 5.69 Å². The van der Waals surface area contributed by atoms with E-state index in [1.165, 1.54) is 10.9 Å². The quantitative estimate of drug-likeness (QED) is 0.693. The molecule has 2 aromatic heterocycles. The molecule has 9 heteroatoms. The second-order valence-corrected chi connectivity index (χ2v) is 7.54. The zero-order valence-corrected chi connectivity index (χ0v) is 15.4. The van der Waals surface area contributed by atoms with Crippen LogP contribution in [-0.2, 0) is 23.2 Å². The fourth-order valence-electron chi connectivity index (χ4n) is 4.65. The molecule has 4 rings (SSSR count). The van der Waals surface area contributed by atoms with Gasteiger partial charge in [0.1, 0.15) is 5.76 Å². The van der Waals surface area contributed by atoms with Crippen LogP contribution >= 0.6 is 0 Å². The maximum atomic E-state index is 12.9. The van der Waals surface area contributed by atoms with E-state index in [2.05, 4.69) is 15.7 Å². The fraction of sp³-hybridized carbons (Fsp3) is 0.474. The van der Waals surface area contributed by atoms with E-state index in [4.69, 9.17) is 4.42 Å². The lowest BCUT2D eigenvalue weighted by molar-refractivity contribution is -0.148. The molecule has 0 unspecified atom stereocenters. The van der Waals surface area contributed by atoms with Gasteiger partial charge in [0.05, 0.1) is 30.3 Å². The molecule has 2 amide bonds. The molecule has 3 N–H and O–H groups in total. The SMILES string of the molecule is Cn1cc(NC(=O)[C@H]2[C@@H]3CC[C@@H](C3)[C@@H]2C(=O)O)c(C(=O)NCc2ccco2)n1. The van der Waals surface area contributed by atoms with Gasteiger partial charge in [-0.05, 0) is 43.2 Å². The third-order valence-electron chi connectivity index (χ3n) is 5.81. The summed E-state index contributed by atoms with van der Waals surface area (Å²) in [6, 6.07) is 3.46. The van der Waals surface area contributed by atoms with Crippen molar-refractivity contribution in [3.63, 3.8) is 0 Å². The Balaban J connectivity index is 1.48. The van der Waals surface area contributed by atoms with Crippen LogP contribution in [0.25, 0.3) is 0 Å². The minimum Gasteiger partial charge on any atom is -0.481 e. The molecule has 0 saturated heterocycles. The van der Waals surface area contributed by atoms with Gasteiger partial charge in [0.25, 0.3) is 5.91 Å². The van der Waals surface area contributed by atoms with Gasteiger partial charge in [0.15, 0.2) is 5.69 Å². The largest absolute Gasteiger partial charge is 0.481 e. The number of amides is 2. The van der Waals surface area contributed by atoms with Crippen LogP contribution in [0.2, 0.25) is 0 Å². The van der Waals surface area contributed by atoms with Crippen molar-refractivity contribution in [3.05, 3.63) is 36.0 Å². The summed E-state index contributed by atoms with van der Waals surface area (Å²) in [7, 11) is 1.65. The number of aromatic nitrogens is 2. The van der Waals surface area contributed by atoms with E-state index in [1.54, 1.807) is 25.4 Å². The number of hydrogen-bond acceptors (Lipinski definition) is 5. The van der Waals surface area contributed by atoms with Gasteiger partial charge in [0.2, 0.25) is 5.91 Å². The lowest BCUT2D eigenvalue weighted by atomic mass is 9.78. The van der Waals surface area contributed by atoms with Crippen molar-refractivity contribution in [2.75, 3.05) is 5.32 Å². The number of hydrogen-bond donors (Lipinski definition) is 3. The van der Waals surface area contributed by atoms with Crippen LogP contribution in [0.5, 0.6) is 0 Å². The summed E-state index contributed by atoms with van der Waals surface area (Å²) in [5.41, 5.74) is 0.355. The molecule has 28 heavy (non-hydrogen) atoms. The summed E-state index contributed by atoms with van der Waals surface area (Å²) in [6.45, 7) is 0.198. The highest BCUT2D eigenvalue weighted by atomic mass is 16.4. The van der Waals surface area contributed by atoms with Crippen LogP contribution in [-0.4, -0.2) is 32.7 Å². The van der Waals surface area contributed by atoms with E-state index in [-0.39, 0.29) is 35.7 Å². The monoisotopic (exact) mass is 386 g/mol. The third kappa shape index (κ3) is 3.28. The molecule has 2 heterocycles. The Morgan fingerprint density at radius 1 is 1.29 bits per heavy atom. The van der Waals surface area contributed by atoms with Gasteiger partial charge in [0, 0.05) is 13.2 Å². The average molecular weight is 386 g/mol. The molecular weight excluding hydrogens is 364 g/mol.